The molecule has 18 rings (SSSR count). The fourth-order valence-electron chi connectivity index (χ4n) is 15.7. The van der Waals surface area contributed by atoms with E-state index in [1.54, 1.807) is 43.8 Å². The third kappa shape index (κ3) is 26.5. The number of aliphatic hydroxyl groups is 2. The molecule has 28 heteroatoms. The zero-order valence-corrected chi connectivity index (χ0v) is 72.0. The van der Waals surface area contributed by atoms with Crippen molar-refractivity contribution < 1.29 is 67.5 Å². The Hall–Kier alpha value is -10.6. The van der Waals surface area contributed by atoms with Crippen LogP contribution in [0.15, 0.2) is 152 Å². The Balaban J connectivity index is 0.000000152. The number of H-pyrrole nitrogens is 3. The molecule has 6 unspecified atom stereocenters. The molecule has 6 fully saturated rings. The molecule has 121 heavy (non-hydrogen) atoms. The number of aromatic nitrogens is 7. The van der Waals surface area contributed by atoms with Gasteiger partial charge in [-0.3, -0.25) is 39.6 Å². The fourth-order valence-corrected chi connectivity index (χ4v) is 15.8. The molecule has 7 N–H and O–H groups in total. The lowest BCUT2D eigenvalue weighted by Gasteiger charge is -2.37. The van der Waals surface area contributed by atoms with Gasteiger partial charge < -0.3 is 59.2 Å². The van der Waals surface area contributed by atoms with Crippen LogP contribution in [0.4, 0.5) is 24.9 Å². The minimum Gasteiger partial charge on any atom is -0.497 e. The Morgan fingerprint density at radius 2 is 0.983 bits per heavy atom. The Morgan fingerprint density at radius 3 is 1.43 bits per heavy atom. The first-order valence-electron chi connectivity index (χ1n) is 42.7. The molecule has 6 atom stereocenters. The van der Waals surface area contributed by atoms with Crippen LogP contribution in [0, 0.1) is 11.8 Å². The number of carbonyl (C=O) groups is 7. The number of likely N-dealkylation sites (tertiary alicyclic amines) is 1. The normalized spacial score (nSPS) is 20.5. The molecule has 6 aliphatic heterocycles. The van der Waals surface area contributed by atoms with Crippen LogP contribution in [0.5, 0.6) is 5.75 Å². The highest BCUT2D eigenvalue weighted by Gasteiger charge is 2.43. The van der Waals surface area contributed by atoms with Gasteiger partial charge in [-0.2, -0.15) is 15.3 Å². The Bertz CT molecular complexity index is 4580. The van der Waals surface area contributed by atoms with Crippen molar-refractivity contribution in [2.75, 3.05) is 46.4 Å². The van der Waals surface area contributed by atoms with Gasteiger partial charge in [0.2, 0.25) is 0 Å². The van der Waals surface area contributed by atoms with Crippen LogP contribution in [0.25, 0.3) is 0 Å². The predicted molar refractivity (Wildman–Crippen MR) is 462 cm³/mol. The number of hydrogen-bond acceptors (Lipinski definition) is 19. The van der Waals surface area contributed by atoms with Gasteiger partial charge >= 0.3 is 24.3 Å². The number of methoxy groups -OCH3 is 1. The number of aromatic amines is 3. The van der Waals surface area contributed by atoms with Crippen LogP contribution < -0.4 is 15.4 Å². The summed E-state index contributed by atoms with van der Waals surface area (Å²) < 4.78 is 25.9. The molecule has 0 bridgehead atoms. The fraction of sp³-hybridized carbons (Fsp3) is 0.495. The minimum absolute atomic E-state index is 0.00884. The van der Waals surface area contributed by atoms with E-state index in [0.717, 1.165) is 107 Å². The SMILES string of the molecule is C1CCOC1.CC1CC(=O)C(C(=O)C2CCC2)CN1C(=O)OCc1ccccc1.CC1CC(=O)C=CN1C(=O)OCc1ccccc1.CC1Cc2[nH]nc(C3CCC3)c2CN1.CC1Cc2[nH]nc(C3CCC3)c2CN1C(=O)Nc1cccc(Cl)c1.CC1Cc2[nH]nc(C3CCC3)c2CN1C(=O)OCc1ccccc1.CO.CO.COc1ccncc1. The maximum atomic E-state index is 12.7. The number of carbonyl (C=O) groups excluding carboxylic acids is 7. The molecule has 650 valence electrons. The van der Waals surface area contributed by atoms with E-state index in [-0.39, 0.29) is 85.7 Å². The molecule has 5 amide bonds. The number of benzene rings is 4. The average molecular weight is 1680 g/mol. The molecule has 10 heterocycles. The molecule has 27 nitrogen and oxygen atoms in total. The van der Waals surface area contributed by atoms with Gasteiger partial charge in [-0.15, -0.1) is 0 Å². The van der Waals surface area contributed by atoms with E-state index in [9.17, 15) is 33.6 Å². The van der Waals surface area contributed by atoms with Gasteiger partial charge in [-0.25, -0.2) is 19.2 Å². The first-order valence-corrected chi connectivity index (χ1v) is 43.1. The van der Waals surface area contributed by atoms with Gasteiger partial charge in [-0.1, -0.05) is 134 Å². The van der Waals surface area contributed by atoms with Crippen molar-refractivity contribution in [1.82, 2.24) is 60.5 Å². The second-order valence-corrected chi connectivity index (χ2v) is 32.6. The number of allylic oxidation sites excluding steroid dienone is 1. The van der Waals surface area contributed by atoms with Gasteiger partial charge in [0, 0.05) is 190 Å². The lowest BCUT2D eigenvalue weighted by atomic mass is 9.75. The number of anilines is 1. The van der Waals surface area contributed by atoms with Crippen LogP contribution in [0.2, 0.25) is 5.02 Å². The molecule has 2 saturated heterocycles. The molecule has 8 aromatic rings. The Morgan fingerprint density at radius 1 is 0.521 bits per heavy atom. The number of aliphatic hydroxyl groups excluding tert-OH is 2. The van der Waals surface area contributed by atoms with E-state index in [4.69, 9.17) is 45.5 Å². The standard InChI is InChI=1S/C19H23N3O2.C19H23NO4.C18H21ClN4O.C14H15NO3.C11H17N3.C6H7NO.C4H8O.2CH4O/c1-13-10-17-16(18(21-20-17)15-8-5-9-15)11-22(13)19(23)24-12-14-6-3-2-4-7-14;1-13-10-17(21)16(18(22)15-8-5-9-15)11-20(13)19(23)24-12-14-6-3-2-4-7-14;1-11-8-16-15(17(22-21-16)12-4-2-5-12)10-23(11)18(24)20-14-7-3-6-13(19)9-14;1-11-9-13(16)7-8-15(11)14(17)18-10-12-5-3-2-4-6-12;1-7-5-10-9(6-12-7)11(14-13-10)8-3-2-4-8;1-8-6-2-4-7-5-3-6;1-2-4-5-3-1;2*1-2/h2-4,6-7,13,15H,5,8-12H2,1H3,(H,20,21);2-4,6-7,13,15-16H,5,8-12H2,1H3;3,6-7,9,11-12H,2,4-5,8,10H2,1H3,(H,20,24)(H,21,22);2-8,11H,9-10H2,1H3;7-8,12H,2-6H2,1H3,(H,13,14);2-5H,1H3;1-4H2;2*2H,1H3. The number of amides is 5. The molecule has 4 aromatic carbocycles. The van der Waals surface area contributed by atoms with Crippen molar-refractivity contribution in [3.8, 4) is 5.75 Å². The summed E-state index contributed by atoms with van der Waals surface area (Å²) in [6.07, 6.45) is 25.3. The van der Waals surface area contributed by atoms with E-state index in [2.05, 4.69) is 67.0 Å². The number of hydrogen-bond donors (Lipinski definition) is 7. The summed E-state index contributed by atoms with van der Waals surface area (Å²) in [6.45, 7) is 15.2. The topological polar surface area (TPSA) is 342 Å². The third-order valence-corrected chi connectivity index (χ3v) is 23.9. The second kappa shape index (κ2) is 47.6. The third-order valence-electron chi connectivity index (χ3n) is 23.7. The number of ketones is 3. The van der Waals surface area contributed by atoms with Crippen LogP contribution in [-0.2, 0) is 92.0 Å². The number of nitrogens with one attached hydrogen (secondary N) is 5. The number of halogens is 1. The average Bonchev–Trinajstić information content (AvgIpc) is 1.64. The molecule has 4 aromatic heterocycles. The van der Waals surface area contributed by atoms with E-state index < -0.39 is 18.1 Å². The van der Waals surface area contributed by atoms with Crippen molar-refractivity contribution in [2.24, 2.45) is 11.8 Å². The molecular formula is C93H122ClN13O14. The maximum absolute atomic E-state index is 12.7. The number of Topliss-reactive ketones (excluding diaryl/α,β-unsaturated/α-hetero) is 2. The van der Waals surface area contributed by atoms with Crippen molar-refractivity contribution in [1.29, 1.82) is 0 Å². The quantitative estimate of drug-likeness (QED) is 0.0416. The van der Waals surface area contributed by atoms with Crippen molar-refractivity contribution >= 4 is 58.9 Å². The number of nitrogens with zero attached hydrogens (tertiary/aromatic N) is 8. The number of fused-ring (bicyclic) bond motifs is 3. The monoisotopic (exact) mass is 1680 g/mol. The highest BCUT2D eigenvalue weighted by atomic mass is 35.5. The highest BCUT2D eigenvalue weighted by molar-refractivity contribution is 6.30. The molecule has 4 aliphatic carbocycles. The summed E-state index contributed by atoms with van der Waals surface area (Å²) in [5.41, 5.74) is 14.9. The van der Waals surface area contributed by atoms with E-state index in [1.165, 1.54) is 144 Å². The summed E-state index contributed by atoms with van der Waals surface area (Å²) in [5, 5.41) is 44.3. The van der Waals surface area contributed by atoms with Crippen LogP contribution in [-0.4, -0.2) is 178 Å². The zero-order valence-electron chi connectivity index (χ0n) is 71.3. The number of piperidine rings is 1. The summed E-state index contributed by atoms with van der Waals surface area (Å²) in [4.78, 5) is 95.9. The number of ether oxygens (including phenoxy) is 5. The summed E-state index contributed by atoms with van der Waals surface area (Å²) in [5.74, 6) is 2.09. The smallest absolute Gasteiger partial charge is 0.414 e. The van der Waals surface area contributed by atoms with Gasteiger partial charge in [0.05, 0.1) is 43.2 Å². The first-order chi connectivity index (χ1) is 58.8. The van der Waals surface area contributed by atoms with E-state index in [1.807, 2.05) is 127 Å². The first kappa shape index (κ1) is 92.7. The summed E-state index contributed by atoms with van der Waals surface area (Å²) in [7, 11) is 3.63. The van der Waals surface area contributed by atoms with Crippen molar-refractivity contribution in [3.63, 3.8) is 0 Å². The molecule has 0 spiro atoms. The molecule has 0 radical (unpaired) electrons. The number of rotatable bonds is 13. The van der Waals surface area contributed by atoms with Crippen LogP contribution in [0.3, 0.4) is 0 Å². The largest absolute Gasteiger partial charge is 0.497 e. The van der Waals surface area contributed by atoms with Crippen LogP contribution in [0.1, 0.15) is 223 Å². The maximum Gasteiger partial charge on any atom is 0.414 e. The zero-order chi connectivity index (χ0) is 86.2. The van der Waals surface area contributed by atoms with E-state index >= 15 is 0 Å². The van der Waals surface area contributed by atoms with Gasteiger partial charge in [-0.05, 0) is 152 Å². The van der Waals surface area contributed by atoms with Gasteiger partial charge in [0.25, 0.3) is 0 Å². The highest BCUT2D eigenvalue weighted by Crippen LogP contribution is 2.42. The summed E-state index contributed by atoms with van der Waals surface area (Å²) in [6, 6.07) is 40.0. The Kier molecular flexibility index (Phi) is 36.5. The number of pyridine rings is 1. The lowest BCUT2D eigenvalue weighted by molar-refractivity contribution is -0.140. The van der Waals surface area contributed by atoms with Crippen molar-refractivity contribution in [3.05, 3.63) is 225 Å². The van der Waals surface area contributed by atoms with Crippen LogP contribution >= 0.6 is 11.6 Å². The predicted octanol–water partition coefficient (Wildman–Crippen LogP) is 16.4. The summed E-state index contributed by atoms with van der Waals surface area (Å²) >= 11 is 6.00. The Labute approximate surface area is 715 Å². The van der Waals surface area contributed by atoms with Gasteiger partial charge in [0.1, 0.15) is 37.1 Å². The number of urea groups is 1. The molecular weight excluding hydrogens is 1560 g/mol. The van der Waals surface area contributed by atoms with E-state index in [0.29, 0.717) is 49.0 Å². The molecule has 4 saturated carbocycles. The van der Waals surface area contributed by atoms with Crippen molar-refractivity contribution in [2.45, 2.75) is 244 Å². The minimum atomic E-state index is -0.671. The second-order valence-electron chi connectivity index (χ2n) is 32.2. The van der Waals surface area contributed by atoms with Gasteiger partial charge in [0.15, 0.2) is 5.78 Å². The lowest BCUT2D eigenvalue weighted by Crippen LogP contribution is -2.52. The molecule has 10 aliphatic rings.